The van der Waals surface area contributed by atoms with Gasteiger partial charge >= 0.3 is 0 Å². The molecule has 154 valence electrons. The molecular formula is C22H29N5OS. The molecule has 29 heavy (non-hydrogen) atoms. The summed E-state index contributed by atoms with van der Waals surface area (Å²) >= 11 is 1.94. The number of aromatic nitrogens is 3. The molecule has 0 bridgehead atoms. The molecule has 0 atom stereocenters. The Balaban J connectivity index is 1.19. The van der Waals surface area contributed by atoms with Gasteiger partial charge in [0.2, 0.25) is 0 Å². The Bertz CT molecular complexity index is 842. The standard InChI is InChI=1S/C22H29N5OS/c1-15-23-13-17(14-24-15)22(28)27-9-5-16(6-10-27)21-25-19-7-11-26(18-3-2-4-18)12-8-20(19)29-21/h13-14,16,18H,2-12H2,1H3. The van der Waals surface area contributed by atoms with E-state index >= 15 is 0 Å². The Morgan fingerprint density at radius 1 is 1.03 bits per heavy atom. The first kappa shape index (κ1) is 19.1. The Hall–Kier alpha value is -1.86. The van der Waals surface area contributed by atoms with Crippen LogP contribution in [0.1, 0.15) is 69.8 Å². The van der Waals surface area contributed by atoms with E-state index in [0.29, 0.717) is 17.3 Å². The lowest BCUT2D eigenvalue weighted by Crippen LogP contribution is -2.41. The molecule has 7 heteroatoms. The normalized spacial score (nSPS) is 21.5. The van der Waals surface area contributed by atoms with Crippen LogP contribution in [0.2, 0.25) is 0 Å². The highest BCUT2D eigenvalue weighted by molar-refractivity contribution is 7.11. The summed E-state index contributed by atoms with van der Waals surface area (Å²) in [4.78, 5) is 32.2. The summed E-state index contributed by atoms with van der Waals surface area (Å²) in [5.41, 5.74) is 1.94. The molecule has 6 nitrogen and oxygen atoms in total. The lowest BCUT2D eigenvalue weighted by atomic mass is 9.91. The van der Waals surface area contributed by atoms with E-state index in [2.05, 4.69) is 14.9 Å². The third kappa shape index (κ3) is 3.94. The molecule has 0 unspecified atom stereocenters. The van der Waals surface area contributed by atoms with E-state index in [1.54, 1.807) is 12.4 Å². The van der Waals surface area contributed by atoms with Crippen LogP contribution < -0.4 is 0 Å². The molecule has 2 aliphatic heterocycles. The minimum Gasteiger partial charge on any atom is -0.339 e. The van der Waals surface area contributed by atoms with E-state index in [-0.39, 0.29) is 5.91 Å². The maximum Gasteiger partial charge on any atom is 0.256 e. The first-order chi connectivity index (χ1) is 14.2. The number of aryl methyl sites for hydroxylation is 1. The van der Waals surface area contributed by atoms with Gasteiger partial charge in [-0.05, 0) is 39.0 Å². The van der Waals surface area contributed by atoms with Crippen LogP contribution in [0.5, 0.6) is 0 Å². The van der Waals surface area contributed by atoms with Gasteiger partial charge in [0.25, 0.3) is 5.91 Å². The third-order valence-electron chi connectivity index (χ3n) is 6.81. The second-order valence-electron chi connectivity index (χ2n) is 8.63. The van der Waals surface area contributed by atoms with E-state index in [9.17, 15) is 4.79 Å². The van der Waals surface area contributed by atoms with Crippen LogP contribution in [0, 0.1) is 6.92 Å². The number of hydrogen-bond acceptors (Lipinski definition) is 6. The molecule has 2 aromatic heterocycles. The van der Waals surface area contributed by atoms with Crippen molar-refractivity contribution in [3.63, 3.8) is 0 Å². The molecule has 0 aromatic carbocycles. The van der Waals surface area contributed by atoms with Crippen LogP contribution in [-0.2, 0) is 12.8 Å². The van der Waals surface area contributed by atoms with Gasteiger partial charge in [-0.2, -0.15) is 0 Å². The van der Waals surface area contributed by atoms with Gasteiger partial charge in [0.05, 0.1) is 16.3 Å². The van der Waals surface area contributed by atoms with Gasteiger partial charge in [-0.1, -0.05) is 6.42 Å². The van der Waals surface area contributed by atoms with Crippen LogP contribution in [0.4, 0.5) is 0 Å². The van der Waals surface area contributed by atoms with E-state index in [0.717, 1.165) is 44.8 Å². The van der Waals surface area contributed by atoms with E-state index in [1.807, 2.05) is 23.2 Å². The summed E-state index contributed by atoms with van der Waals surface area (Å²) in [6.45, 7) is 5.78. The fraction of sp³-hybridized carbons (Fsp3) is 0.636. The predicted octanol–water partition coefficient (Wildman–Crippen LogP) is 3.21. The van der Waals surface area contributed by atoms with Gasteiger partial charge in [0, 0.05) is 61.8 Å². The smallest absolute Gasteiger partial charge is 0.256 e. The monoisotopic (exact) mass is 411 g/mol. The van der Waals surface area contributed by atoms with Crippen molar-refractivity contribution in [3.05, 3.63) is 39.4 Å². The van der Waals surface area contributed by atoms with Crippen molar-refractivity contribution < 1.29 is 4.79 Å². The summed E-state index contributed by atoms with van der Waals surface area (Å²) in [6.07, 6.45) is 11.7. The minimum atomic E-state index is 0.0504. The van der Waals surface area contributed by atoms with Crippen LogP contribution in [0.25, 0.3) is 0 Å². The highest BCUT2D eigenvalue weighted by atomic mass is 32.1. The van der Waals surface area contributed by atoms with Crippen LogP contribution >= 0.6 is 11.3 Å². The molecule has 2 fully saturated rings. The van der Waals surface area contributed by atoms with Gasteiger partial charge in [-0.3, -0.25) is 9.69 Å². The van der Waals surface area contributed by atoms with Crippen LogP contribution in [-0.4, -0.2) is 62.9 Å². The highest BCUT2D eigenvalue weighted by Crippen LogP contribution is 2.35. The molecule has 5 rings (SSSR count). The molecule has 4 heterocycles. The largest absolute Gasteiger partial charge is 0.339 e. The zero-order chi connectivity index (χ0) is 19.8. The first-order valence-electron chi connectivity index (χ1n) is 11.0. The fourth-order valence-corrected chi connectivity index (χ4v) is 5.98. The van der Waals surface area contributed by atoms with E-state index < -0.39 is 0 Å². The number of hydrogen-bond donors (Lipinski definition) is 0. The molecule has 0 radical (unpaired) electrons. The zero-order valence-corrected chi connectivity index (χ0v) is 18.0. The quantitative estimate of drug-likeness (QED) is 0.776. The topological polar surface area (TPSA) is 62.2 Å². The number of piperidine rings is 1. The molecular weight excluding hydrogens is 382 g/mol. The molecule has 3 aliphatic rings. The van der Waals surface area contributed by atoms with Crippen molar-refractivity contribution in [2.45, 2.75) is 63.8 Å². The average molecular weight is 412 g/mol. The molecule has 1 saturated heterocycles. The molecule has 1 saturated carbocycles. The molecule has 0 N–H and O–H groups in total. The average Bonchev–Trinajstić information content (AvgIpc) is 3.02. The first-order valence-corrected chi connectivity index (χ1v) is 11.8. The zero-order valence-electron chi connectivity index (χ0n) is 17.1. The predicted molar refractivity (Wildman–Crippen MR) is 113 cm³/mol. The van der Waals surface area contributed by atoms with Gasteiger partial charge in [-0.15, -0.1) is 11.3 Å². The maximum atomic E-state index is 12.7. The Labute approximate surface area is 176 Å². The van der Waals surface area contributed by atoms with Crippen molar-refractivity contribution in [3.8, 4) is 0 Å². The summed E-state index contributed by atoms with van der Waals surface area (Å²) < 4.78 is 0. The molecule has 2 aromatic rings. The summed E-state index contributed by atoms with van der Waals surface area (Å²) in [6, 6.07) is 0.837. The lowest BCUT2D eigenvalue weighted by molar-refractivity contribution is 0.0712. The second kappa shape index (κ2) is 8.11. The van der Waals surface area contributed by atoms with Gasteiger partial charge < -0.3 is 4.90 Å². The van der Waals surface area contributed by atoms with Gasteiger partial charge in [0.1, 0.15) is 5.82 Å². The van der Waals surface area contributed by atoms with Crippen molar-refractivity contribution in [2.75, 3.05) is 26.2 Å². The number of carbonyl (C=O) groups excluding carboxylic acids is 1. The summed E-state index contributed by atoms with van der Waals surface area (Å²) in [7, 11) is 0. The molecule has 1 aliphatic carbocycles. The van der Waals surface area contributed by atoms with Crippen LogP contribution in [0.3, 0.4) is 0 Å². The summed E-state index contributed by atoms with van der Waals surface area (Å²) in [5.74, 6) is 1.24. The number of carbonyl (C=O) groups is 1. The van der Waals surface area contributed by atoms with E-state index in [4.69, 9.17) is 4.98 Å². The number of nitrogens with zero attached hydrogens (tertiary/aromatic N) is 5. The minimum absolute atomic E-state index is 0.0504. The Morgan fingerprint density at radius 2 is 1.76 bits per heavy atom. The molecule has 0 spiro atoms. The Morgan fingerprint density at radius 3 is 2.45 bits per heavy atom. The number of fused-ring (bicyclic) bond motifs is 1. The van der Waals surface area contributed by atoms with Gasteiger partial charge in [0.15, 0.2) is 0 Å². The maximum absolute atomic E-state index is 12.7. The number of likely N-dealkylation sites (tertiary alicyclic amines) is 1. The fourth-order valence-electron chi connectivity index (χ4n) is 4.71. The SMILES string of the molecule is Cc1ncc(C(=O)N2CCC(c3nc4c(s3)CCN(C3CCC3)CC4)CC2)cn1. The number of rotatable bonds is 3. The third-order valence-corrected chi connectivity index (χ3v) is 8.13. The van der Waals surface area contributed by atoms with E-state index in [1.165, 1.54) is 47.9 Å². The lowest BCUT2D eigenvalue weighted by Gasteiger charge is -2.36. The summed E-state index contributed by atoms with van der Waals surface area (Å²) in [5, 5.41) is 1.30. The number of thiazole rings is 1. The highest BCUT2D eigenvalue weighted by Gasteiger charge is 2.30. The van der Waals surface area contributed by atoms with Crippen molar-refractivity contribution in [2.24, 2.45) is 0 Å². The van der Waals surface area contributed by atoms with Crippen molar-refractivity contribution >= 4 is 17.2 Å². The van der Waals surface area contributed by atoms with Crippen molar-refractivity contribution in [1.82, 2.24) is 24.8 Å². The van der Waals surface area contributed by atoms with Crippen LogP contribution in [0.15, 0.2) is 12.4 Å². The Kier molecular flexibility index (Phi) is 5.35. The second-order valence-corrected chi connectivity index (χ2v) is 9.74. The number of amides is 1. The van der Waals surface area contributed by atoms with Gasteiger partial charge in [-0.25, -0.2) is 15.0 Å². The molecule has 1 amide bonds. The van der Waals surface area contributed by atoms with Crippen molar-refractivity contribution in [1.29, 1.82) is 0 Å².